The van der Waals surface area contributed by atoms with Crippen molar-refractivity contribution in [2.24, 2.45) is 0 Å². The number of fused-ring (bicyclic) bond motifs is 1. The lowest BCUT2D eigenvalue weighted by Crippen LogP contribution is -2.00. The van der Waals surface area contributed by atoms with Gasteiger partial charge in [0, 0.05) is 17.1 Å². The molecule has 3 rings (SSSR count). The Morgan fingerprint density at radius 3 is 2.95 bits per heavy atom. The minimum absolute atomic E-state index is 0.620. The van der Waals surface area contributed by atoms with E-state index in [0.29, 0.717) is 5.82 Å². The fraction of sp³-hybridized carbons (Fsp3) is 0.267. The first-order chi connectivity index (χ1) is 9.24. The molecule has 1 aromatic heterocycles. The normalized spacial score (nSPS) is 13.1. The third-order valence-electron chi connectivity index (χ3n) is 3.42. The quantitative estimate of drug-likeness (QED) is 0.945. The highest BCUT2D eigenvalue weighted by molar-refractivity contribution is 9.10. The number of benzene rings is 1. The molecule has 0 aliphatic carbocycles. The molecule has 0 spiro atoms. The van der Waals surface area contributed by atoms with Crippen molar-refractivity contribution in [3.63, 3.8) is 0 Å². The van der Waals surface area contributed by atoms with Gasteiger partial charge in [-0.05, 0) is 47.7 Å². The van der Waals surface area contributed by atoms with Crippen LogP contribution in [0.4, 0.5) is 5.82 Å². The topological polar surface area (TPSA) is 48.1 Å². The summed E-state index contributed by atoms with van der Waals surface area (Å²) in [6, 6.07) is 8.23. The lowest BCUT2D eigenvalue weighted by atomic mass is 10.0. The Morgan fingerprint density at radius 1 is 1.26 bits per heavy atom. The number of hydrogen-bond acceptors (Lipinski definition) is 3. The van der Waals surface area contributed by atoms with E-state index in [2.05, 4.69) is 33.0 Å². The van der Waals surface area contributed by atoms with Crippen LogP contribution < -0.4 is 10.5 Å². The molecule has 1 aliphatic heterocycles. The summed E-state index contributed by atoms with van der Waals surface area (Å²) in [6.07, 6.45) is 4.51. The Labute approximate surface area is 120 Å². The van der Waals surface area contributed by atoms with E-state index in [9.17, 15) is 0 Å². The van der Waals surface area contributed by atoms with Gasteiger partial charge in [0.15, 0.2) is 0 Å². The molecule has 0 saturated carbocycles. The molecular weight excluding hydrogens is 304 g/mol. The molecule has 19 heavy (non-hydrogen) atoms. The molecule has 3 nitrogen and oxygen atoms in total. The number of nitrogen functional groups attached to an aromatic ring is 1. The third-order valence-corrected chi connectivity index (χ3v) is 3.87. The van der Waals surface area contributed by atoms with E-state index in [0.717, 1.165) is 41.7 Å². The molecule has 1 aromatic carbocycles. The maximum atomic E-state index is 5.88. The second-order valence-corrected chi connectivity index (χ2v) is 5.62. The third kappa shape index (κ3) is 2.59. The van der Waals surface area contributed by atoms with Crippen LogP contribution in [0.25, 0.3) is 0 Å². The summed E-state index contributed by atoms with van der Waals surface area (Å²) >= 11 is 3.56. The van der Waals surface area contributed by atoms with Gasteiger partial charge in [-0.1, -0.05) is 22.0 Å². The molecular formula is C15H15BrN2O. The van der Waals surface area contributed by atoms with Crippen molar-refractivity contribution >= 4 is 21.7 Å². The first-order valence-corrected chi connectivity index (χ1v) is 7.17. The van der Waals surface area contributed by atoms with Crippen molar-refractivity contribution in [1.82, 2.24) is 4.98 Å². The molecule has 0 bridgehead atoms. The summed E-state index contributed by atoms with van der Waals surface area (Å²) in [5.74, 6) is 1.68. The smallest absolute Gasteiger partial charge is 0.126 e. The Morgan fingerprint density at radius 2 is 2.11 bits per heavy atom. The summed E-state index contributed by atoms with van der Waals surface area (Å²) in [5, 5.41) is 0. The van der Waals surface area contributed by atoms with E-state index in [1.54, 1.807) is 6.20 Å². The van der Waals surface area contributed by atoms with Crippen molar-refractivity contribution in [1.29, 1.82) is 0 Å². The van der Waals surface area contributed by atoms with E-state index in [1.807, 2.05) is 12.1 Å². The summed E-state index contributed by atoms with van der Waals surface area (Å²) < 4.78 is 6.85. The molecule has 0 amide bonds. The summed E-state index contributed by atoms with van der Waals surface area (Å²) in [6.45, 7) is 0.786. The van der Waals surface area contributed by atoms with Crippen molar-refractivity contribution in [2.75, 3.05) is 12.3 Å². The maximum absolute atomic E-state index is 5.88. The Kier molecular flexibility index (Phi) is 3.42. The highest BCUT2D eigenvalue weighted by Gasteiger charge is 2.17. The number of pyridine rings is 1. The number of aromatic nitrogens is 1. The van der Waals surface area contributed by atoms with Crippen molar-refractivity contribution in [2.45, 2.75) is 19.3 Å². The maximum Gasteiger partial charge on any atom is 0.126 e. The molecule has 0 unspecified atom stereocenters. The lowest BCUT2D eigenvalue weighted by Gasteiger charge is -2.10. The molecule has 1 aliphatic rings. The van der Waals surface area contributed by atoms with Crippen molar-refractivity contribution < 1.29 is 4.74 Å². The number of hydrogen-bond donors (Lipinski definition) is 1. The van der Waals surface area contributed by atoms with Gasteiger partial charge in [-0.2, -0.15) is 0 Å². The van der Waals surface area contributed by atoms with Crippen LogP contribution in [-0.4, -0.2) is 11.6 Å². The zero-order valence-corrected chi connectivity index (χ0v) is 12.1. The number of nitrogens with two attached hydrogens (primary N) is 1. The lowest BCUT2D eigenvalue weighted by molar-refractivity contribution is 0.353. The fourth-order valence-corrected chi connectivity index (χ4v) is 3.02. The molecule has 0 radical (unpaired) electrons. The minimum Gasteiger partial charge on any atom is -0.493 e. The predicted octanol–water partition coefficient (Wildman–Crippen LogP) is 3.15. The largest absolute Gasteiger partial charge is 0.493 e. The number of ether oxygens (including phenoxy) is 1. The predicted molar refractivity (Wildman–Crippen MR) is 79.4 cm³/mol. The molecule has 2 aromatic rings. The summed E-state index contributed by atoms with van der Waals surface area (Å²) in [4.78, 5) is 4.12. The Hall–Kier alpha value is -1.55. The zero-order chi connectivity index (χ0) is 13.2. The van der Waals surface area contributed by atoms with Gasteiger partial charge in [0.25, 0.3) is 0 Å². The van der Waals surface area contributed by atoms with E-state index in [4.69, 9.17) is 10.5 Å². The van der Waals surface area contributed by atoms with Gasteiger partial charge < -0.3 is 10.5 Å². The number of rotatable bonds is 3. The van der Waals surface area contributed by atoms with E-state index >= 15 is 0 Å². The first kappa shape index (κ1) is 12.5. The van der Waals surface area contributed by atoms with Crippen molar-refractivity contribution in [3.8, 4) is 5.75 Å². The van der Waals surface area contributed by atoms with Crippen LogP contribution in [0.3, 0.4) is 0 Å². The number of aryl methyl sites for hydroxylation is 2. The molecule has 2 N–H and O–H groups in total. The average Bonchev–Trinajstić information content (AvgIpc) is 2.85. The highest BCUT2D eigenvalue weighted by atomic mass is 79.9. The molecule has 2 heterocycles. The molecule has 4 heteroatoms. The molecule has 0 atom stereocenters. The fourth-order valence-electron chi connectivity index (χ4n) is 2.46. The first-order valence-electron chi connectivity index (χ1n) is 6.37. The average molecular weight is 319 g/mol. The van der Waals surface area contributed by atoms with Crippen LogP contribution >= 0.6 is 15.9 Å². The monoisotopic (exact) mass is 318 g/mol. The number of anilines is 1. The van der Waals surface area contributed by atoms with Gasteiger partial charge >= 0.3 is 0 Å². The molecule has 0 saturated heterocycles. The molecule has 98 valence electrons. The number of nitrogens with zero attached hydrogens (tertiary/aromatic N) is 1. The minimum atomic E-state index is 0.620. The number of halogens is 1. The van der Waals surface area contributed by atoms with Crippen LogP contribution in [0.5, 0.6) is 5.75 Å². The second kappa shape index (κ2) is 5.21. The van der Waals surface area contributed by atoms with Crippen molar-refractivity contribution in [3.05, 3.63) is 51.6 Å². The standard InChI is InChI=1S/C15H15BrN2O/c16-13-8-11(14-12(9-13)5-7-19-14)4-3-10-2-1-6-18-15(10)17/h1-2,6,8-9H,3-5,7H2,(H2,17,18). The second-order valence-electron chi connectivity index (χ2n) is 4.70. The Balaban J connectivity index is 1.83. The van der Waals surface area contributed by atoms with E-state index < -0.39 is 0 Å². The summed E-state index contributed by atoms with van der Waals surface area (Å²) in [5.41, 5.74) is 9.50. The highest BCUT2D eigenvalue weighted by Crippen LogP contribution is 2.33. The van der Waals surface area contributed by atoms with Gasteiger partial charge in [-0.3, -0.25) is 0 Å². The van der Waals surface area contributed by atoms with Crippen LogP contribution in [0.2, 0.25) is 0 Å². The van der Waals surface area contributed by atoms with Gasteiger partial charge in [0.05, 0.1) is 6.61 Å². The molecule has 0 fully saturated rings. The van der Waals surface area contributed by atoms with Gasteiger partial charge in [0.2, 0.25) is 0 Å². The van der Waals surface area contributed by atoms with Gasteiger partial charge in [-0.25, -0.2) is 4.98 Å². The van der Waals surface area contributed by atoms with Crippen LogP contribution in [0, 0.1) is 0 Å². The summed E-state index contributed by atoms with van der Waals surface area (Å²) in [7, 11) is 0. The van der Waals surface area contributed by atoms with Crippen LogP contribution in [0.1, 0.15) is 16.7 Å². The van der Waals surface area contributed by atoms with Gasteiger partial charge in [-0.15, -0.1) is 0 Å². The Bertz CT molecular complexity index is 613. The van der Waals surface area contributed by atoms with E-state index in [1.165, 1.54) is 11.1 Å². The zero-order valence-electron chi connectivity index (χ0n) is 10.5. The SMILES string of the molecule is Nc1ncccc1CCc1cc(Br)cc2c1OCC2. The van der Waals surface area contributed by atoms with Crippen LogP contribution in [0.15, 0.2) is 34.9 Å². The van der Waals surface area contributed by atoms with Crippen LogP contribution in [-0.2, 0) is 19.3 Å². The van der Waals surface area contributed by atoms with Gasteiger partial charge in [0.1, 0.15) is 11.6 Å². The van der Waals surface area contributed by atoms with E-state index in [-0.39, 0.29) is 0 Å².